The molecule has 294 valence electrons. The maximum absolute atomic E-state index is 13.5. The zero-order valence-corrected chi connectivity index (χ0v) is 31.7. The van der Waals surface area contributed by atoms with Crippen LogP contribution in [0.4, 0.5) is 9.59 Å². The molecule has 5 N–H and O–H groups in total. The van der Waals surface area contributed by atoms with Crippen LogP contribution in [0.3, 0.4) is 0 Å². The Balaban J connectivity index is 1.33. The lowest BCUT2D eigenvalue weighted by Gasteiger charge is -2.24. The molecule has 0 aliphatic heterocycles. The zero-order valence-electron chi connectivity index (χ0n) is 31.7. The van der Waals surface area contributed by atoms with Gasteiger partial charge < -0.3 is 40.8 Å². The molecular weight excluding hydrogens is 718 g/mol. The van der Waals surface area contributed by atoms with Gasteiger partial charge in [0.1, 0.15) is 36.2 Å². The maximum Gasteiger partial charge on any atom is 0.409 e. The standard InChI is InChI=1S/C42H47N5O9/c1-28(37(49)43-26-36(48)46-35(25-29-14-8-5-9-15-29)47-40(52)54-27-31-16-10-6-11-17-31)44-38(50)34(45-41(53)56-42(2,3)4)24-30-20-22-33(23-21-30)55-39(51)32-18-12-7-13-19-32/h5-23,28,34-35H,24-27H2,1-4H3,(H,43,49)(H,44,50)(H,45,53)(H,46,48)(H,47,52)/t28-,34-,35+/m1/s1. The molecule has 0 fully saturated rings. The van der Waals surface area contributed by atoms with Gasteiger partial charge in [-0.25, -0.2) is 14.4 Å². The van der Waals surface area contributed by atoms with Gasteiger partial charge in [0, 0.05) is 12.8 Å². The highest BCUT2D eigenvalue weighted by Crippen LogP contribution is 2.16. The molecule has 5 amide bonds. The average Bonchev–Trinajstić information content (AvgIpc) is 3.17. The van der Waals surface area contributed by atoms with Crippen molar-refractivity contribution in [2.45, 2.75) is 71.0 Å². The molecule has 0 saturated carbocycles. The van der Waals surface area contributed by atoms with E-state index in [0.29, 0.717) is 11.1 Å². The Morgan fingerprint density at radius 2 is 1.18 bits per heavy atom. The van der Waals surface area contributed by atoms with E-state index in [2.05, 4.69) is 26.6 Å². The molecule has 0 saturated heterocycles. The molecule has 0 radical (unpaired) electrons. The second kappa shape index (κ2) is 20.7. The summed E-state index contributed by atoms with van der Waals surface area (Å²) in [5.74, 6) is -2.23. The number of ether oxygens (including phenoxy) is 3. The monoisotopic (exact) mass is 765 g/mol. The van der Waals surface area contributed by atoms with Crippen molar-refractivity contribution in [2.75, 3.05) is 6.54 Å². The number of hydrogen-bond acceptors (Lipinski definition) is 9. The van der Waals surface area contributed by atoms with Gasteiger partial charge in [-0.3, -0.25) is 14.4 Å². The normalized spacial score (nSPS) is 12.4. The molecule has 14 nitrogen and oxygen atoms in total. The van der Waals surface area contributed by atoms with Gasteiger partial charge in [0.25, 0.3) is 0 Å². The first-order valence-corrected chi connectivity index (χ1v) is 18.0. The van der Waals surface area contributed by atoms with E-state index in [-0.39, 0.29) is 25.2 Å². The van der Waals surface area contributed by atoms with Crippen LogP contribution >= 0.6 is 0 Å². The highest BCUT2D eigenvalue weighted by atomic mass is 16.6. The topological polar surface area (TPSA) is 190 Å². The van der Waals surface area contributed by atoms with E-state index in [1.54, 1.807) is 75.4 Å². The van der Waals surface area contributed by atoms with Gasteiger partial charge >= 0.3 is 18.2 Å². The van der Waals surface area contributed by atoms with Crippen LogP contribution in [0, 0.1) is 0 Å². The molecule has 14 heteroatoms. The van der Waals surface area contributed by atoms with Crippen LogP contribution in [-0.4, -0.2) is 66.3 Å². The van der Waals surface area contributed by atoms with Crippen molar-refractivity contribution < 1.29 is 43.0 Å². The van der Waals surface area contributed by atoms with Crippen LogP contribution in [0.5, 0.6) is 5.75 Å². The molecule has 56 heavy (non-hydrogen) atoms. The van der Waals surface area contributed by atoms with Gasteiger partial charge in [-0.15, -0.1) is 0 Å². The average molecular weight is 766 g/mol. The summed E-state index contributed by atoms with van der Waals surface area (Å²) in [5, 5.41) is 13.0. The Morgan fingerprint density at radius 3 is 1.79 bits per heavy atom. The third-order valence-electron chi connectivity index (χ3n) is 7.89. The first-order chi connectivity index (χ1) is 26.7. The fourth-order valence-corrected chi connectivity index (χ4v) is 5.17. The quantitative estimate of drug-likeness (QED) is 0.0618. The maximum atomic E-state index is 13.5. The fourth-order valence-electron chi connectivity index (χ4n) is 5.17. The number of esters is 1. The summed E-state index contributed by atoms with van der Waals surface area (Å²) in [6, 6.07) is 30.9. The van der Waals surface area contributed by atoms with Crippen molar-refractivity contribution in [3.8, 4) is 5.75 Å². The summed E-state index contributed by atoms with van der Waals surface area (Å²) in [5.41, 5.74) is 1.77. The largest absolute Gasteiger partial charge is 0.445 e. The highest BCUT2D eigenvalue weighted by Gasteiger charge is 2.28. The first-order valence-electron chi connectivity index (χ1n) is 18.0. The summed E-state index contributed by atoms with van der Waals surface area (Å²) in [6.45, 7) is 6.02. The molecule has 4 rings (SSSR count). The Morgan fingerprint density at radius 1 is 0.607 bits per heavy atom. The second-order valence-corrected chi connectivity index (χ2v) is 13.8. The van der Waals surface area contributed by atoms with E-state index in [0.717, 1.165) is 11.1 Å². The smallest absolute Gasteiger partial charge is 0.409 e. The number of hydrogen-bond donors (Lipinski definition) is 5. The molecule has 0 bridgehead atoms. The number of amides is 5. The molecule has 3 atom stereocenters. The fraction of sp³-hybridized carbons (Fsp3) is 0.286. The van der Waals surface area contributed by atoms with Crippen molar-refractivity contribution in [2.24, 2.45) is 0 Å². The Labute approximate surface area is 325 Å². The van der Waals surface area contributed by atoms with E-state index in [9.17, 15) is 28.8 Å². The minimum Gasteiger partial charge on any atom is -0.445 e. The summed E-state index contributed by atoms with van der Waals surface area (Å²) >= 11 is 0. The Kier molecular flexibility index (Phi) is 15.5. The van der Waals surface area contributed by atoms with Crippen molar-refractivity contribution in [3.05, 3.63) is 138 Å². The van der Waals surface area contributed by atoms with E-state index in [1.165, 1.54) is 6.92 Å². The van der Waals surface area contributed by atoms with Crippen molar-refractivity contribution in [1.82, 2.24) is 26.6 Å². The number of carbonyl (C=O) groups is 6. The van der Waals surface area contributed by atoms with Gasteiger partial charge in [-0.1, -0.05) is 91.0 Å². The van der Waals surface area contributed by atoms with Crippen LogP contribution in [0.15, 0.2) is 115 Å². The first kappa shape index (κ1) is 42.0. The number of benzene rings is 4. The van der Waals surface area contributed by atoms with Crippen LogP contribution in [0.25, 0.3) is 0 Å². The summed E-state index contributed by atoms with van der Waals surface area (Å²) in [7, 11) is 0. The molecule has 0 aliphatic carbocycles. The lowest BCUT2D eigenvalue weighted by molar-refractivity contribution is -0.130. The van der Waals surface area contributed by atoms with Crippen molar-refractivity contribution in [1.29, 1.82) is 0 Å². The van der Waals surface area contributed by atoms with Crippen LogP contribution in [0.1, 0.15) is 54.7 Å². The minimum atomic E-state index is -1.17. The Hall–Kier alpha value is -6.70. The summed E-state index contributed by atoms with van der Waals surface area (Å²) in [4.78, 5) is 77.2. The molecule has 0 spiro atoms. The van der Waals surface area contributed by atoms with Crippen molar-refractivity contribution >= 4 is 35.9 Å². The number of alkyl carbamates (subject to hydrolysis) is 2. The van der Waals surface area contributed by atoms with E-state index < -0.39 is 66.3 Å². The van der Waals surface area contributed by atoms with Crippen molar-refractivity contribution in [3.63, 3.8) is 0 Å². The van der Waals surface area contributed by atoms with E-state index in [4.69, 9.17) is 14.2 Å². The van der Waals surface area contributed by atoms with E-state index >= 15 is 0 Å². The number of nitrogens with one attached hydrogen (secondary N) is 5. The third-order valence-corrected chi connectivity index (χ3v) is 7.89. The Bertz CT molecular complexity index is 1920. The number of carbonyl (C=O) groups excluding carboxylic acids is 6. The SMILES string of the molecule is C[C@@H](NC(=O)[C@@H](Cc1ccc(OC(=O)c2ccccc2)cc1)NC(=O)OC(C)(C)C)C(=O)NCC(=O)N[C@H](Cc1ccccc1)NC(=O)OCc1ccccc1. The highest BCUT2D eigenvalue weighted by molar-refractivity contribution is 5.93. The van der Waals surface area contributed by atoms with Gasteiger partial charge in [-0.05, 0) is 68.7 Å². The van der Waals surface area contributed by atoms with Gasteiger partial charge in [0.15, 0.2) is 0 Å². The molecule has 0 aliphatic rings. The van der Waals surface area contributed by atoms with Crippen LogP contribution < -0.4 is 31.3 Å². The molecule has 4 aromatic carbocycles. The van der Waals surface area contributed by atoms with Crippen LogP contribution in [0.2, 0.25) is 0 Å². The summed E-state index contributed by atoms with van der Waals surface area (Å²) < 4.78 is 16.1. The van der Waals surface area contributed by atoms with Gasteiger partial charge in [0.05, 0.1) is 12.1 Å². The zero-order chi connectivity index (χ0) is 40.5. The molecule has 4 aromatic rings. The number of rotatable bonds is 16. The third kappa shape index (κ3) is 15.0. The molecule has 0 aromatic heterocycles. The predicted octanol–water partition coefficient (Wildman–Crippen LogP) is 4.57. The lowest BCUT2D eigenvalue weighted by Crippen LogP contribution is -2.55. The second-order valence-electron chi connectivity index (χ2n) is 13.8. The predicted molar refractivity (Wildman–Crippen MR) is 207 cm³/mol. The molecule has 0 heterocycles. The molecule has 0 unspecified atom stereocenters. The molecular formula is C42H47N5O9. The van der Waals surface area contributed by atoms with Gasteiger partial charge in [0.2, 0.25) is 17.7 Å². The van der Waals surface area contributed by atoms with E-state index in [1.807, 2.05) is 60.7 Å². The van der Waals surface area contributed by atoms with Crippen LogP contribution in [-0.2, 0) is 43.3 Å². The minimum absolute atomic E-state index is 0.00167. The lowest BCUT2D eigenvalue weighted by atomic mass is 10.0. The van der Waals surface area contributed by atoms with Gasteiger partial charge in [-0.2, -0.15) is 0 Å². The summed E-state index contributed by atoms with van der Waals surface area (Å²) in [6.07, 6.45) is -2.22.